The summed E-state index contributed by atoms with van der Waals surface area (Å²) in [6.45, 7) is 6.65. The topological polar surface area (TPSA) is 101 Å². The highest BCUT2D eigenvalue weighted by molar-refractivity contribution is 5.87. The van der Waals surface area contributed by atoms with Crippen LogP contribution in [0.1, 0.15) is 37.6 Å². The Labute approximate surface area is 111 Å². The molecule has 0 heterocycles. The van der Waals surface area contributed by atoms with Crippen molar-refractivity contribution in [2.24, 2.45) is 5.41 Å². The van der Waals surface area contributed by atoms with Crippen LogP contribution in [0.2, 0.25) is 0 Å². The van der Waals surface area contributed by atoms with Crippen LogP contribution in [0.4, 0.5) is 5.69 Å². The molecule has 0 unspecified atom stereocenters. The second-order valence-electron chi connectivity index (χ2n) is 5.14. The molecule has 1 rings (SSSR count). The van der Waals surface area contributed by atoms with Gasteiger partial charge in [0, 0.05) is 18.7 Å². The lowest BCUT2D eigenvalue weighted by Crippen LogP contribution is -2.06. The molecule has 0 aliphatic heterocycles. The highest BCUT2D eigenvalue weighted by Crippen LogP contribution is 2.16. The van der Waals surface area contributed by atoms with E-state index in [4.69, 9.17) is 10.2 Å². The Morgan fingerprint density at radius 1 is 1.26 bits per heavy atom. The molecule has 0 aliphatic rings. The summed E-state index contributed by atoms with van der Waals surface area (Å²) >= 11 is 0. The number of nitrogens with zero attached hydrogens (tertiary/aromatic N) is 1. The summed E-state index contributed by atoms with van der Waals surface area (Å²) in [5.41, 5.74) is 0.231. The van der Waals surface area contributed by atoms with E-state index in [1.54, 1.807) is 0 Å². The molecule has 0 saturated heterocycles. The molecule has 0 amide bonds. The number of rotatable bonds is 3. The largest absolute Gasteiger partial charge is 0.478 e. The van der Waals surface area contributed by atoms with Crippen molar-refractivity contribution in [3.8, 4) is 0 Å². The summed E-state index contributed by atoms with van der Waals surface area (Å²) in [6.07, 6.45) is 0.896. The average molecular weight is 269 g/mol. The van der Waals surface area contributed by atoms with Crippen molar-refractivity contribution in [1.29, 1.82) is 0 Å². The molecular formula is C13H19NO5. The van der Waals surface area contributed by atoms with Gasteiger partial charge in [-0.1, -0.05) is 20.8 Å². The van der Waals surface area contributed by atoms with Crippen molar-refractivity contribution >= 4 is 11.7 Å². The van der Waals surface area contributed by atoms with E-state index < -0.39 is 10.9 Å². The van der Waals surface area contributed by atoms with Gasteiger partial charge in [0.25, 0.3) is 5.69 Å². The van der Waals surface area contributed by atoms with Gasteiger partial charge in [0.15, 0.2) is 0 Å². The van der Waals surface area contributed by atoms with Crippen LogP contribution in [0.15, 0.2) is 24.3 Å². The molecular weight excluding hydrogens is 250 g/mol. The molecule has 0 saturated carbocycles. The SMILES string of the molecule is CC(C)(C)CCO.O=C(O)c1ccc([N+](=O)[O-])cc1. The van der Waals surface area contributed by atoms with E-state index in [1.165, 1.54) is 12.1 Å². The quantitative estimate of drug-likeness (QED) is 0.649. The first kappa shape index (κ1) is 17.1. The lowest BCUT2D eigenvalue weighted by molar-refractivity contribution is -0.384. The molecule has 2 N–H and O–H groups in total. The van der Waals surface area contributed by atoms with E-state index in [1.807, 2.05) is 0 Å². The van der Waals surface area contributed by atoms with Gasteiger partial charge in [-0.25, -0.2) is 4.79 Å². The third-order valence-electron chi connectivity index (χ3n) is 2.19. The Morgan fingerprint density at radius 3 is 1.95 bits per heavy atom. The van der Waals surface area contributed by atoms with Crippen LogP contribution in [0, 0.1) is 15.5 Å². The Morgan fingerprint density at radius 2 is 1.74 bits per heavy atom. The molecule has 0 radical (unpaired) electrons. The van der Waals surface area contributed by atoms with Gasteiger partial charge in [0.1, 0.15) is 0 Å². The molecule has 1 aromatic carbocycles. The number of hydrogen-bond acceptors (Lipinski definition) is 4. The summed E-state index contributed by atoms with van der Waals surface area (Å²) in [5.74, 6) is -1.09. The third kappa shape index (κ3) is 7.88. The van der Waals surface area contributed by atoms with E-state index in [-0.39, 0.29) is 11.3 Å². The fourth-order valence-corrected chi connectivity index (χ4v) is 1.06. The predicted molar refractivity (Wildman–Crippen MR) is 71.2 cm³/mol. The Bertz CT molecular complexity index is 387. The van der Waals surface area contributed by atoms with Crippen LogP contribution in [0.3, 0.4) is 0 Å². The Kier molecular flexibility index (Phi) is 6.71. The van der Waals surface area contributed by atoms with Crippen LogP contribution >= 0.6 is 0 Å². The zero-order chi connectivity index (χ0) is 15.1. The van der Waals surface area contributed by atoms with Gasteiger partial charge in [0.05, 0.1) is 10.5 Å². The van der Waals surface area contributed by atoms with Crippen LogP contribution in [-0.4, -0.2) is 27.7 Å². The van der Waals surface area contributed by atoms with E-state index in [2.05, 4.69) is 20.8 Å². The minimum absolute atomic E-state index is 0.0422. The number of nitro benzene ring substituents is 1. The smallest absolute Gasteiger partial charge is 0.335 e. The van der Waals surface area contributed by atoms with E-state index in [0.29, 0.717) is 12.0 Å². The average Bonchev–Trinajstić information content (AvgIpc) is 2.28. The number of carbonyl (C=O) groups is 1. The maximum absolute atomic E-state index is 10.3. The van der Waals surface area contributed by atoms with Gasteiger partial charge >= 0.3 is 5.97 Å². The number of carboxylic acid groups (broad SMARTS) is 1. The zero-order valence-corrected chi connectivity index (χ0v) is 11.3. The first-order chi connectivity index (χ1) is 8.67. The molecule has 19 heavy (non-hydrogen) atoms. The first-order valence-electron chi connectivity index (χ1n) is 5.76. The standard InChI is InChI=1S/C7H5NO4.C6H14O/c9-7(10)5-1-3-6(4-2-5)8(11)12;1-6(2,3)4-5-7/h1-4H,(H,9,10);7H,4-5H2,1-3H3. The van der Waals surface area contributed by atoms with Gasteiger partial charge in [0.2, 0.25) is 0 Å². The molecule has 6 nitrogen and oxygen atoms in total. The van der Waals surface area contributed by atoms with E-state index >= 15 is 0 Å². The molecule has 0 bridgehead atoms. The van der Waals surface area contributed by atoms with Crippen LogP contribution in [0.25, 0.3) is 0 Å². The van der Waals surface area contributed by atoms with Gasteiger partial charge in [-0.15, -0.1) is 0 Å². The molecule has 0 atom stereocenters. The van der Waals surface area contributed by atoms with Gasteiger partial charge in [-0.3, -0.25) is 10.1 Å². The highest BCUT2D eigenvalue weighted by atomic mass is 16.6. The van der Waals surface area contributed by atoms with Crippen molar-refractivity contribution in [2.45, 2.75) is 27.2 Å². The predicted octanol–water partition coefficient (Wildman–Crippen LogP) is 2.71. The number of aromatic carboxylic acids is 1. The van der Waals surface area contributed by atoms with Crippen molar-refractivity contribution in [3.05, 3.63) is 39.9 Å². The molecule has 0 spiro atoms. The minimum Gasteiger partial charge on any atom is -0.478 e. The van der Waals surface area contributed by atoms with Gasteiger partial charge in [-0.2, -0.15) is 0 Å². The van der Waals surface area contributed by atoms with E-state index in [9.17, 15) is 14.9 Å². The number of carboxylic acids is 1. The normalized spacial score (nSPS) is 10.3. The monoisotopic (exact) mass is 269 g/mol. The molecule has 6 heteroatoms. The highest BCUT2D eigenvalue weighted by Gasteiger charge is 2.07. The molecule has 0 aromatic heterocycles. The maximum atomic E-state index is 10.3. The second-order valence-corrected chi connectivity index (χ2v) is 5.14. The lowest BCUT2D eigenvalue weighted by Gasteiger charge is -2.14. The van der Waals surface area contributed by atoms with Gasteiger partial charge in [-0.05, 0) is 24.0 Å². The summed E-state index contributed by atoms with van der Waals surface area (Å²) in [7, 11) is 0. The van der Waals surface area contributed by atoms with Crippen molar-refractivity contribution in [3.63, 3.8) is 0 Å². The van der Waals surface area contributed by atoms with E-state index in [0.717, 1.165) is 18.6 Å². The zero-order valence-electron chi connectivity index (χ0n) is 11.3. The number of benzene rings is 1. The molecule has 106 valence electrons. The fraction of sp³-hybridized carbons (Fsp3) is 0.462. The number of aliphatic hydroxyl groups excluding tert-OH is 1. The second kappa shape index (κ2) is 7.48. The van der Waals surface area contributed by atoms with Crippen molar-refractivity contribution in [2.75, 3.05) is 6.61 Å². The Hall–Kier alpha value is -1.95. The third-order valence-corrected chi connectivity index (χ3v) is 2.19. The maximum Gasteiger partial charge on any atom is 0.335 e. The first-order valence-corrected chi connectivity index (χ1v) is 5.76. The number of non-ortho nitro benzene ring substituents is 1. The molecule has 0 fully saturated rings. The van der Waals surface area contributed by atoms with Crippen molar-refractivity contribution < 1.29 is 19.9 Å². The summed E-state index contributed by atoms with van der Waals surface area (Å²) in [5, 5.41) is 27.0. The summed E-state index contributed by atoms with van der Waals surface area (Å²) < 4.78 is 0. The fourth-order valence-electron chi connectivity index (χ4n) is 1.06. The minimum atomic E-state index is -1.09. The molecule has 0 aliphatic carbocycles. The van der Waals surface area contributed by atoms with Crippen molar-refractivity contribution in [1.82, 2.24) is 0 Å². The molecule has 1 aromatic rings. The number of nitro groups is 1. The Balaban J connectivity index is 0.000000399. The van der Waals surface area contributed by atoms with Gasteiger partial charge < -0.3 is 10.2 Å². The number of aliphatic hydroxyl groups is 1. The van der Waals surface area contributed by atoms with Crippen LogP contribution < -0.4 is 0 Å². The van der Waals surface area contributed by atoms with Crippen LogP contribution in [0.5, 0.6) is 0 Å². The lowest BCUT2D eigenvalue weighted by atomic mass is 9.93. The summed E-state index contributed by atoms with van der Waals surface area (Å²) in [4.78, 5) is 19.9. The summed E-state index contributed by atoms with van der Waals surface area (Å²) in [6, 6.07) is 4.70. The van der Waals surface area contributed by atoms with Crippen LogP contribution in [-0.2, 0) is 0 Å². The number of hydrogen-bond donors (Lipinski definition) is 2.